The monoisotopic (exact) mass is 185 g/mol. The summed E-state index contributed by atoms with van der Waals surface area (Å²) < 4.78 is 0. The summed E-state index contributed by atoms with van der Waals surface area (Å²) in [4.78, 5) is 10.3. The lowest BCUT2D eigenvalue weighted by molar-refractivity contribution is -0.380. The van der Waals surface area contributed by atoms with Gasteiger partial charge in [-0.2, -0.15) is 0 Å². The third-order valence-electron chi connectivity index (χ3n) is 1.31. The SMILES string of the molecule is C=CC(O)c1ccc([N+](=O)[O-])s1. The molecular formula is C7H7NO3S. The normalized spacial score (nSPS) is 12.4. The zero-order valence-corrected chi connectivity index (χ0v) is 6.95. The first kappa shape index (κ1) is 8.89. The molecule has 1 N–H and O–H groups in total. The molecule has 12 heavy (non-hydrogen) atoms. The minimum atomic E-state index is -0.802. The van der Waals surface area contributed by atoms with E-state index in [2.05, 4.69) is 6.58 Å². The molecule has 1 rings (SSSR count). The van der Waals surface area contributed by atoms with E-state index in [4.69, 9.17) is 0 Å². The van der Waals surface area contributed by atoms with E-state index in [-0.39, 0.29) is 5.00 Å². The van der Waals surface area contributed by atoms with Crippen LogP contribution in [-0.4, -0.2) is 10.0 Å². The van der Waals surface area contributed by atoms with Gasteiger partial charge in [-0.05, 0) is 6.07 Å². The van der Waals surface area contributed by atoms with Gasteiger partial charge in [0.2, 0.25) is 0 Å². The Labute approximate surface area is 72.9 Å². The highest BCUT2D eigenvalue weighted by molar-refractivity contribution is 7.15. The fourth-order valence-electron chi connectivity index (χ4n) is 0.715. The van der Waals surface area contributed by atoms with Crippen LogP contribution in [0, 0.1) is 10.1 Å². The van der Waals surface area contributed by atoms with Crippen LogP contribution in [0.2, 0.25) is 0 Å². The highest BCUT2D eigenvalue weighted by Crippen LogP contribution is 2.28. The Balaban J connectivity index is 2.91. The first-order chi connectivity index (χ1) is 5.65. The average Bonchev–Trinajstić information content (AvgIpc) is 2.51. The molecule has 0 bridgehead atoms. The summed E-state index contributed by atoms with van der Waals surface area (Å²) in [6.07, 6.45) is 0.527. The Morgan fingerprint density at radius 2 is 2.42 bits per heavy atom. The highest BCUT2D eigenvalue weighted by atomic mass is 32.1. The van der Waals surface area contributed by atoms with Crippen molar-refractivity contribution >= 4 is 16.3 Å². The van der Waals surface area contributed by atoms with Gasteiger partial charge in [-0.3, -0.25) is 10.1 Å². The van der Waals surface area contributed by atoms with Crippen LogP contribution < -0.4 is 0 Å². The van der Waals surface area contributed by atoms with Crippen molar-refractivity contribution in [3.05, 3.63) is 39.8 Å². The maximum absolute atomic E-state index is 10.2. The molecule has 0 aliphatic rings. The third-order valence-corrected chi connectivity index (χ3v) is 2.41. The minimum absolute atomic E-state index is 0.0332. The zero-order valence-electron chi connectivity index (χ0n) is 6.14. The van der Waals surface area contributed by atoms with Gasteiger partial charge in [0.15, 0.2) is 0 Å². The van der Waals surface area contributed by atoms with Crippen LogP contribution in [0.4, 0.5) is 5.00 Å². The second-order valence-corrected chi connectivity index (χ2v) is 3.21. The van der Waals surface area contributed by atoms with Crippen molar-refractivity contribution in [3.8, 4) is 0 Å². The first-order valence-corrected chi connectivity index (χ1v) is 4.01. The van der Waals surface area contributed by atoms with Crippen LogP contribution in [-0.2, 0) is 0 Å². The molecule has 0 aromatic carbocycles. The minimum Gasteiger partial charge on any atom is -0.383 e. The number of hydrogen-bond donors (Lipinski definition) is 1. The molecule has 0 saturated heterocycles. The van der Waals surface area contributed by atoms with Crippen molar-refractivity contribution in [2.75, 3.05) is 0 Å². The predicted octanol–water partition coefficient (Wildman–Crippen LogP) is 1.88. The molecule has 1 atom stereocenters. The van der Waals surface area contributed by atoms with E-state index in [0.29, 0.717) is 4.88 Å². The second-order valence-electron chi connectivity index (χ2n) is 2.11. The van der Waals surface area contributed by atoms with E-state index in [1.54, 1.807) is 0 Å². The van der Waals surface area contributed by atoms with E-state index in [1.807, 2.05) is 0 Å². The van der Waals surface area contributed by atoms with Crippen molar-refractivity contribution in [2.24, 2.45) is 0 Å². The van der Waals surface area contributed by atoms with Gasteiger partial charge in [-0.15, -0.1) is 6.58 Å². The second kappa shape index (κ2) is 3.46. The Morgan fingerprint density at radius 1 is 1.75 bits per heavy atom. The van der Waals surface area contributed by atoms with Crippen LogP contribution in [0.15, 0.2) is 24.8 Å². The first-order valence-electron chi connectivity index (χ1n) is 3.20. The molecule has 0 aliphatic heterocycles. The van der Waals surface area contributed by atoms with Crippen molar-refractivity contribution < 1.29 is 10.0 Å². The molecule has 0 saturated carbocycles. The molecule has 0 aliphatic carbocycles. The summed E-state index contributed by atoms with van der Waals surface area (Å²) in [5, 5.41) is 19.5. The molecule has 64 valence electrons. The van der Waals surface area contributed by atoms with E-state index in [9.17, 15) is 15.2 Å². The molecule has 4 nitrogen and oxygen atoms in total. The van der Waals surface area contributed by atoms with Crippen molar-refractivity contribution in [1.82, 2.24) is 0 Å². The van der Waals surface area contributed by atoms with Crippen LogP contribution in [0.3, 0.4) is 0 Å². The molecule has 0 spiro atoms. The van der Waals surface area contributed by atoms with Gasteiger partial charge in [0, 0.05) is 10.9 Å². The van der Waals surface area contributed by atoms with Gasteiger partial charge >= 0.3 is 5.00 Å². The fraction of sp³-hybridized carbons (Fsp3) is 0.143. The van der Waals surface area contributed by atoms with Gasteiger partial charge in [0.25, 0.3) is 0 Å². The summed E-state index contributed by atoms with van der Waals surface area (Å²) in [6, 6.07) is 2.89. The standard InChI is InChI=1S/C7H7NO3S/c1-2-5(9)6-3-4-7(12-6)8(10)11/h2-5,9H,1H2. The predicted molar refractivity (Wildman–Crippen MR) is 46.1 cm³/mol. The van der Waals surface area contributed by atoms with E-state index >= 15 is 0 Å². The Bertz CT molecular complexity index is 307. The average molecular weight is 185 g/mol. The lowest BCUT2D eigenvalue weighted by Crippen LogP contribution is -1.86. The van der Waals surface area contributed by atoms with Gasteiger partial charge in [0.05, 0.1) is 4.92 Å². The maximum Gasteiger partial charge on any atom is 0.324 e. The summed E-state index contributed by atoms with van der Waals surface area (Å²) in [5.41, 5.74) is 0. The summed E-state index contributed by atoms with van der Waals surface area (Å²) in [7, 11) is 0. The summed E-state index contributed by atoms with van der Waals surface area (Å²) >= 11 is 0.953. The molecule has 0 radical (unpaired) electrons. The molecule has 1 aromatic rings. The number of thiophene rings is 1. The Kier molecular flexibility index (Phi) is 2.57. The number of rotatable bonds is 3. The van der Waals surface area contributed by atoms with Crippen LogP contribution in [0.5, 0.6) is 0 Å². The number of nitro groups is 1. The highest BCUT2D eigenvalue weighted by Gasteiger charge is 2.12. The van der Waals surface area contributed by atoms with Crippen LogP contribution in [0.1, 0.15) is 11.0 Å². The molecule has 1 heterocycles. The summed E-state index contributed by atoms with van der Waals surface area (Å²) in [5.74, 6) is 0. The molecule has 1 aromatic heterocycles. The topological polar surface area (TPSA) is 63.4 Å². The zero-order chi connectivity index (χ0) is 9.14. The molecule has 5 heteroatoms. The number of aliphatic hydroxyl groups excluding tert-OH is 1. The van der Waals surface area contributed by atoms with Crippen molar-refractivity contribution in [2.45, 2.75) is 6.10 Å². The van der Waals surface area contributed by atoms with E-state index < -0.39 is 11.0 Å². The molecular weight excluding hydrogens is 178 g/mol. The third kappa shape index (κ3) is 1.69. The van der Waals surface area contributed by atoms with Gasteiger partial charge < -0.3 is 5.11 Å². The van der Waals surface area contributed by atoms with Gasteiger partial charge in [-0.1, -0.05) is 17.4 Å². The number of hydrogen-bond acceptors (Lipinski definition) is 4. The molecule has 0 amide bonds. The molecule has 0 fully saturated rings. The summed E-state index contributed by atoms with van der Waals surface area (Å²) in [6.45, 7) is 3.38. The van der Waals surface area contributed by atoms with E-state index in [0.717, 1.165) is 11.3 Å². The maximum atomic E-state index is 10.2. The number of nitrogens with zero attached hydrogens (tertiary/aromatic N) is 1. The van der Waals surface area contributed by atoms with Crippen molar-refractivity contribution in [3.63, 3.8) is 0 Å². The van der Waals surface area contributed by atoms with Gasteiger partial charge in [-0.25, -0.2) is 0 Å². The van der Waals surface area contributed by atoms with Gasteiger partial charge in [0.1, 0.15) is 6.10 Å². The number of aliphatic hydroxyl groups is 1. The lowest BCUT2D eigenvalue weighted by Gasteiger charge is -1.97. The van der Waals surface area contributed by atoms with Crippen LogP contribution >= 0.6 is 11.3 Å². The van der Waals surface area contributed by atoms with E-state index in [1.165, 1.54) is 18.2 Å². The Morgan fingerprint density at radius 3 is 2.83 bits per heavy atom. The quantitative estimate of drug-likeness (QED) is 0.444. The lowest BCUT2D eigenvalue weighted by atomic mass is 10.3. The fourth-order valence-corrected chi connectivity index (χ4v) is 1.52. The molecule has 1 unspecified atom stereocenters. The van der Waals surface area contributed by atoms with Crippen molar-refractivity contribution in [1.29, 1.82) is 0 Å². The largest absolute Gasteiger partial charge is 0.383 e. The smallest absolute Gasteiger partial charge is 0.324 e. The Hall–Kier alpha value is -1.20. The van der Waals surface area contributed by atoms with Crippen LogP contribution in [0.25, 0.3) is 0 Å².